The molecule has 0 aliphatic heterocycles. The monoisotopic (exact) mass is 298 g/mol. The Hall–Kier alpha value is -0.870. The fraction of sp³-hybridized carbons (Fsp3) is 0.462. The summed E-state index contributed by atoms with van der Waals surface area (Å²) in [6.07, 6.45) is 1.67. The smallest absolute Gasteiger partial charge is 0.239 e. The van der Waals surface area contributed by atoms with E-state index in [1.807, 2.05) is 31.2 Å². The first kappa shape index (κ1) is 14.2. The van der Waals surface area contributed by atoms with Gasteiger partial charge in [0, 0.05) is 18.1 Å². The standard InChI is InChI=1S/C13H19BrN2O/c1-3-4-12(15)13(17)16(2)9-10-5-7-11(14)8-6-10/h5-8,12H,3-4,9,15H2,1-2H3/t12-/m1/s1. The van der Waals surface area contributed by atoms with Crippen molar-refractivity contribution in [1.82, 2.24) is 4.90 Å². The van der Waals surface area contributed by atoms with Crippen molar-refractivity contribution in [3.05, 3.63) is 34.3 Å². The Morgan fingerprint density at radius 2 is 2.00 bits per heavy atom. The van der Waals surface area contributed by atoms with E-state index in [-0.39, 0.29) is 11.9 Å². The zero-order valence-electron chi connectivity index (χ0n) is 10.3. The molecule has 4 heteroatoms. The highest BCUT2D eigenvalue weighted by Crippen LogP contribution is 2.12. The molecular weight excluding hydrogens is 280 g/mol. The number of hydrogen-bond acceptors (Lipinski definition) is 2. The first-order valence-electron chi connectivity index (χ1n) is 5.79. The maximum absolute atomic E-state index is 11.9. The summed E-state index contributed by atoms with van der Waals surface area (Å²) >= 11 is 3.38. The topological polar surface area (TPSA) is 46.3 Å². The molecule has 1 amide bonds. The second-order valence-corrected chi connectivity index (χ2v) is 5.13. The van der Waals surface area contributed by atoms with Crippen LogP contribution in [0.2, 0.25) is 0 Å². The summed E-state index contributed by atoms with van der Waals surface area (Å²) in [7, 11) is 1.79. The van der Waals surface area contributed by atoms with E-state index in [9.17, 15) is 4.79 Å². The fourth-order valence-electron chi connectivity index (χ4n) is 1.66. The number of amides is 1. The van der Waals surface area contributed by atoms with Gasteiger partial charge in [0.2, 0.25) is 5.91 Å². The van der Waals surface area contributed by atoms with Gasteiger partial charge in [-0.2, -0.15) is 0 Å². The summed E-state index contributed by atoms with van der Waals surface area (Å²) in [6, 6.07) is 7.57. The van der Waals surface area contributed by atoms with E-state index in [0.717, 1.165) is 22.9 Å². The molecule has 0 saturated heterocycles. The molecule has 1 atom stereocenters. The highest BCUT2D eigenvalue weighted by Gasteiger charge is 2.16. The lowest BCUT2D eigenvalue weighted by molar-refractivity contribution is -0.131. The Labute approximate surface area is 111 Å². The summed E-state index contributed by atoms with van der Waals surface area (Å²) in [4.78, 5) is 13.6. The predicted octanol–water partition coefficient (Wildman–Crippen LogP) is 2.53. The minimum atomic E-state index is -0.375. The molecule has 0 aliphatic rings. The third-order valence-electron chi connectivity index (χ3n) is 2.63. The van der Waals surface area contributed by atoms with Crippen molar-refractivity contribution in [2.24, 2.45) is 5.73 Å². The van der Waals surface area contributed by atoms with E-state index in [1.165, 1.54) is 0 Å². The van der Waals surface area contributed by atoms with Crippen LogP contribution in [0.25, 0.3) is 0 Å². The van der Waals surface area contributed by atoms with Gasteiger partial charge in [0.1, 0.15) is 0 Å². The number of carbonyl (C=O) groups is 1. The highest BCUT2D eigenvalue weighted by molar-refractivity contribution is 9.10. The van der Waals surface area contributed by atoms with Crippen LogP contribution < -0.4 is 5.73 Å². The van der Waals surface area contributed by atoms with E-state index in [0.29, 0.717) is 6.54 Å². The molecule has 1 aromatic carbocycles. The lowest BCUT2D eigenvalue weighted by atomic mass is 10.1. The Bertz CT molecular complexity index is 364. The Morgan fingerprint density at radius 1 is 1.41 bits per heavy atom. The molecule has 0 aliphatic carbocycles. The van der Waals surface area contributed by atoms with Gasteiger partial charge < -0.3 is 10.6 Å². The van der Waals surface area contributed by atoms with Crippen molar-refractivity contribution < 1.29 is 4.79 Å². The van der Waals surface area contributed by atoms with Gasteiger partial charge in [0.05, 0.1) is 6.04 Å². The minimum Gasteiger partial charge on any atom is -0.340 e. The van der Waals surface area contributed by atoms with Crippen molar-refractivity contribution in [3.63, 3.8) is 0 Å². The van der Waals surface area contributed by atoms with E-state index in [2.05, 4.69) is 15.9 Å². The number of hydrogen-bond donors (Lipinski definition) is 1. The molecule has 0 spiro atoms. The molecule has 0 aromatic heterocycles. The van der Waals surface area contributed by atoms with Gasteiger partial charge in [-0.05, 0) is 24.1 Å². The molecule has 2 N–H and O–H groups in total. The van der Waals surface area contributed by atoms with Gasteiger partial charge in [-0.25, -0.2) is 0 Å². The number of carbonyl (C=O) groups excluding carboxylic acids is 1. The van der Waals surface area contributed by atoms with Crippen LogP contribution in [0.1, 0.15) is 25.3 Å². The Kier molecular flexibility index (Phi) is 5.65. The molecule has 3 nitrogen and oxygen atoms in total. The molecule has 0 bridgehead atoms. The van der Waals surface area contributed by atoms with Gasteiger partial charge in [-0.1, -0.05) is 41.4 Å². The second kappa shape index (κ2) is 6.77. The summed E-state index contributed by atoms with van der Waals surface area (Å²) in [6.45, 7) is 2.63. The lowest BCUT2D eigenvalue weighted by Gasteiger charge is -2.21. The molecule has 0 radical (unpaired) electrons. The maximum atomic E-state index is 11.9. The summed E-state index contributed by atoms with van der Waals surface area (Å²) < 4.78 is 1.04. The summed E-state index contributed by atoms with van der Waals surface area (Å²) in [5.41, 5.74) is 6.91. The first-order chi connectivity index (χ1) is 8.04. The van der Waals surface area contributed by atoms with Crippen molar-refractivity contribution in [1.29, 1.82) is 0 Å². The first-order valence-corrected chi connectivity index (χ1v) is 6.59. The van der Waals surface area contributed by atoms with Gasteiger partial charge in [-0.3, -0.25) is 4.79 Å². The molecule has 0 unspecified atom stereocenters. The van der Waals surface area contributed by atoms with E-state index < -0.39 is 0 Å². The molecule has 17 heavy (non-hydrogen) atoms. The molecule has 94 valence electrons. The number of rotatable bonds is 5. The average molecular weight is 299 g/mol. The Morgan fingerprint density at radius 3 is 2.53 bits per heavy atom. The van der Waals surface area contributed by atoms with Crippen LogP contribution in [0, 0.1) is 0 Å². The van der Waals surface area contributed by atoms with Gasteiger partial charge in [0.25, 0.3) is 0 Å². The molecule has 1 rings (SSSR count). The maximum Gasteiger partial charge on any atom is 0.239 e. The molecule has 0 fully saturated rings. The molecular formula is C13H19BrN2O. The van der Waals surface area contributed by atoms with Crippen LogP contribution in [0.5, 0.6) is 0 Å². The molecule has 1 aromatic rings. The quantitative estimate of drug-likeness (QED) is 0.908. The highest BCUT2D eigenvalue weighted by atomic mass is 79.9. The van der Waals surface area contributed by atoms with E-state index >= 15 is 0 Å². The van der Waals surface area contributed by atoms with Crippen LogP contribution in [0.15, 0.2) is 28.7 Å². The van der Waals surface area contributed by atoms with Crippen LogP contribution in [-0.4, -0.2) is 23.9 Å². The average Bonchev–Trinajstić information content (AvgIpc) is 2.31. The van der Waals surface area contributed by atoms with Gasteiger partial charge in [-0.15, -0.1) is 0 Å². The van der Waals surface area contributed by atoms with Crippen LogP contribution in [-0.2, 0) is 11.3 Å². The second-order valence-electron chi connectivity index (χ2n) is 4.22. The number of benzene rings is 1. The van der Waals surface area contributed by atoms with Crippen molar-refractivity contribution in [3.8, 4) is 0 Å². The fourth-order valence-corrected chi connectivity index (χ4v) is 1.92. The van der Waals surface area contributed by atoms with Gasteiger partial charge in [0.15, 0.2) is 0 Å². The number of nitrogens with two attached hydrogens (primary N) is 1. The number of likely N-dealkylation sites (N-methyl/N-ethyl adjacent to an activating group) is 1. The zero-order valence-corrected chi connectivity index (χ0v) is 11.9. The zero-order chi connectivity index (χ0) is 12.8. The van der Waals surface area contributed by atoms with Crippen LogP contribution in [0.4, 0.5) is 0 Å². The predicted molar refractivity (Wildman–Crippen MR) is 73.5 cm³/mol. The lowest BCUT2D eigenvalue weighted by Crippen LogP contribution is -2.41. The summed E-state index contributed by atoms with van der Waals surface area (Å²) in [5.74, 6) is 0.00905. The molecule has 0 saturated carbocycles. The van der Waals surface area contributed by atoms with Crippen molar-refractivity contribution >= 4 is 21.8 Å². The summed E-state index contributed by atoms with van der Waals surface area (Å²) in [5, 5.41) is 0. The largest absolute Gasteiger partial charge is 0.340 e. The van der Waals surface area contributed by atoms with Crippen LogP contribution >= 0.6 is 15.9 Å². The normalized spacial score (nSPS) is 12.2. The third-order valence-corrected chi connectivity index (χ3v) is 3.15. The Balaban J connectivity index is 2.56. The van der Waals surface area contributed by atoms with Crippen molar-refractivity contribution in [2.45, 2.75) is 32.4 Å². The van der Waals surface area contributed by atoms with E-state index in [4.69, 9.17) is 5.73 Å². The van der Waals surface area contributed by atoms with Crippen molar-refractivity contribution in [2.75, 3.05) is 7.05 Å². The third kappa shape index (κ3) is 4.48. The molecule has 0 heterocycles. The van der Waals surface area contributed by atoms with Gasteiger partial charge >= 0.3 is 0 Å². The number of halogens is 1. The SMILES string of the molecule is CCC[C@@H](N)C(=O)N(C)Cc1ccc(Br)cc1. The van der Waals surface area contributed by atoms with Crippen LogP contribution in [0.3, 0.4) is 0 Å². The minimum absolute atomic E-state index is 0.00905. The van der Waals surface area contributed by atoms with E-state index in [1.54, 1.807) is 11.9 Å². The number of nitrogens with zero attached hydrogens (tertiary/aromatic N) is 1.